The van der Waals surface area contributed by atoms with E-state index in [1.807, 2.05) is 12.1 Å². The van der Waals surface area contributed by atoms with Crippen LogP contribution >= 0.6 is 11.8 Å². The molecular weight excluding hydrogens is 262 g/mol. The molecule has 0 radical (unpaired) electrons. The van der Waals surface area contributed by atoms with Crippen molar-refractivity contribution in [1.82, 2.24) is 4.98 Å². The third kappa shape index (κ3) is 3.53. The quantitative estimate of drug-likeness (QED) is 0.484. The van der Waals surface area contributed by atoms with Crippen molar-refractivity contribution in [1.29, 1.82) is 5.26 Å². The standard InChI is InChI=1S/C13H9N3O2S/c14-8-10-4-5-15-13(7-10)19-9-11-2-1-3-12(6-11)16(17)18/h1-7H,9H2. The summed E-state index contributed by atoms with van der Waals surface area (Å²) in [5.41, 5.74) is 1.48. The number of rotatable bonds is 4. The van der Waals surface area contributed by atoms with Crippen molar-refractivity contribution in [3.8, 4) is 6.07 Å². The van der Waals surface area contributed by atoms with E-state index >= 15 is 0 Å². The fourth-order valence-electron chi connectivity index (χ4n) is 1.48. The molecule has 94 valence electrons. The molecule has 0 unspecified atom stereocenters. The number of hydrogen-bond acceptors (Lipinski definition) is 5. The first-order valence-electron chi connectivity index (χ1n) is 5.41. The van der Waals surface area contributed by atoms with Crippen molar-refractivity contribution >= 4 is 17.4 Å². The van der Waals surface area contributed by atoms with Crippen LogP contribution in [0.25, 0.3) is 0 Å². The van der Waals surface area contributed by atoms with E-state index in [9.17, 15) is 10.1 Å². The van der Waals surface area contributed by atoms with Crippen LogP contribution in [0.15, 0.2) is 47.6 Å². The molecule has 0 spiro atoms. The molecule has 0 bridgehead atoms. The molecule has 0 fully saturated rings. The minimum Gasteiger partial charge on any atom is -0.258 e. The number of nitriles is 1. The summed E-state index contributed by atoms with van der Waals surface area (Å²) in [6.45, 7) is 0. The fourth-order valence-corrected chi connectivity index (χ4v) is 2.31. The van der Waals surface area contributed by atoms with E-state index in [0.717, 1.165) is 10.6 Å². The maximum Gasteiger partial charge on any atom is 0.269 e. The Bertz CT molecular complexity index is 652. The van der Waals surface area contributed by atoms with Gasteiger partial charge in [0.1, 0.15) is 0 Å². The van der Waals surface area contributed by atoms with E-state index in [4.69, 9.17) is 5.26 Å². The first kappa shape index (κ1) is 13.1. The van der Waals surface area contributed by atoms with Crippen LogP contribution in [0, 0.1) is 21.4 Å². The molecule has 0 saturated heterocycles. The van der Waals surface area contributed by atoms with Crippen LogP contribution in [-0.2, 0) is 5.75 Å². The van der Waals surface area contributed by atoms with Crippen LogP contribution in [0.4, 0.5) is 5.69 Å². The van der Waals surface area contributed by atoms with Crippen LogP contribution in [0.1, 0.15) is 11.1 Å². The summed E-state index contributed by atoms with van der Waals surface area (Å²) in [6.07, 6.45) is 1.58. The lowest BCUT2D eigenvalue weighted by Crippen LogP contribution is -1.90. The summed E-state index contributed by atoms with van der Waals surface area (Å²) in [5, 5.41) is 20.2. The lowest BCUT2D eigenvalue weighted by molar-refractivity contribution is -0.384. The second kappa shape index (κ2) is 5.98. The number of hydrogen-bond donors (Lipinski definition) is 0. The molecule has 6 heteroatoms. The molecule has 0 aliphatic heterocycles. The Morgan fingerprint density at radius 3 is 2.95 bits per heavy atom. The highest BCUT2D eigenvalue weighted by atomic mass is 32.2. The van der Waals surface area contributed by atoms with E-state index < -0.39 is 4.92 Å². The number of non-ortho nitro benzene ring substituents is 1. The number of pyridine rings is 1. The van der Waals surface area contributed by atoms with Gasteiger partial charge in [0.25, 0.3) is 5.69 Å². The highest BCUT2D eigenvalue weighted by Crippen LogP contribution is 2.23. The minimum absolute atomic E-state index is 0.0804. The van der Waals surface area contributed by atoms with Gasteiger partial charge in [0, 0.05) is 24.1 Å². The summed E-state index contributed by atoms with van der Waals surface area (Å²) in [6, 6.07) is 11.9. The average molecular weight is 271 g/mol. The second-order valence-corrected chi connectivity index (χ2v) is 4.71. The third-order valence-electron chi connectivity index (χ3n) is 2.37. The molecule has 0 atom stereocenters. The van der Waals surface area contributed by atoms with Gasteiger partial charge in [-0.05, 0) is 17.7 Å². The number of aromatic nitrogens is 1. The van der Waals surface area contributed by atoms with Crippen LogP contribution in [0.2, 0.25) is 0 Å². The van der Waals surface area contributed by atoms with Gasteiger partial charge in [-0.2, -0.15) is 5.26 Å². The maximum absolute atomic E-state index is 10.7. The molecule has 0 amide bonds. The molecule has 19 heavy (non-hydrogen) atoms. The SMILES string of the molecule is N#Cc1ccnc(SCc2cccc([N+](=O)[O-])c2)c1. The van der Waals surface area contributed by atoms with Gasteiger partial charge in [0.15, 0.2) is 0 Å². The van der Waals surface area contributed by atoms with E-state index in [1.165, 1.54) is 17.8 Å². The van der Waals surface area contributed by atoms with Gasteiger partial charge in [-0.1, -0.05) is 12.1 Å². The molecule has 0 saturated carbocycles. The Kier molecular flexibility index (Phi) is 4.11. The molecule has 1 aromatic carbocycles. The van der Waals surface area contributed by atoms with Crippen LogP contribution in [0.5, 0.6) is 0 Å². The van der Waals surface area contributed by atoms with Gasteiger partial charge < -0.3 is 0 Å². The largest absolute Gasteiger partial charge is 0.269 e. The molecule has 1 heterocycles. The number of nitro groups is 1. The van der Waals surface area contributed by atoms with Gasteiger partial charge in [-0.15, -0.1) is 11.8 Å². The summed E-state index contributed by atoms with van der Waals surface area (Å²) in [7, 11) is 0. The fraction of sp³-hybridized carbons (Fsp3) is 0.0769. The van der Waals surface area contributed by atoms with Crippen molar-refractivity contribution in [3.63, 3.8) is 0 Å². The van der Waals surface area contributed by atoms with Crippen molar-refractivity contribution in [2.75, 3.05) is 0 Å². The van der Waals surface area contributed by atoms with E-state index in [2.05, 4.69) is 4.98 Å². The number of nitro benzene ring substituents is 1. The molecule has 1 aromatic heterocycles. The van der Waals surface area contributed by atoms with Crippen molar-refractivity contribution in [3.05, 3.63) is 63.8 Å². The van der Waals surface area contributed by atoms with Crippen molar-refractivity contribution in [2.24, 2.45) is 0 Å². The van der Waals surface area contributed by atoms with Crippen molar-refractivity contribution < 1.29 is 4.92 Å². The molecule has 0 aliphatic carbocycles. The second-order valence-electron chi connectivity index (χ2n) is 3.71. The van der Waals surface area contributed by atoms with Gasteiger partial charge in [-0.3, -0.25) is 10.1 Å². The molecule has 0 aliphatic rings. The molecular formula is C13H9N3O2S. The van der Waals surface area contributed by atoms with E-state index in [-0.39, 0.29) is 5.69 Å². The van der Waals surface area contributed by atoms with Gasteiger partial charge in [0.05, 0.1) is 21.6 Å². The topological polar surface area (TPSA) is 79.8 Å². The van der Waals surface area contributed by atoms with Crippen LogP contribution in [-0.4, -0.2) is 9.91 Å². The lowest BCUT2D eigenvalue weighted by Gasteiger charge is -2.01. The summed E-state index contributed by atoms with van der Waals surface area (Å²) in [4.78, 5) is 14.4. The Morgan fingerprint density at radius 2 is 2.21 bits per heavy atom. The molecule has 5 nitrogen and oxygen atoms in total. The summed E-state index contributed by atoms with van der Waals surface area (Å²) < 4.78 is 0. The Hall–Kier alpha value is -2.39. The highest BCUT2D eigenvalue weighted by Gasteiger charge is 2.06. The Balaban J connectivity index is 2.08. The lowest BCUT2D eigenvalue weighted by atomic mass is 10.2. The van der Waals surface area contributed by atoms with Gasteiger partial charge in [-0.25, -0.2) is 4.98 Å². The minimum atomic E-state index is -0.414. The maximum atomic E-state index is 10.7. The van der Waals surface area contributed by atoms with Crippen LogP contribution in [0.3, 0.4) is 0 Å². The predicted molar refractivity (Wildman–Crippen MR) is 71.6 cm³/mol. The third-order valence-corrected chi connectivity index (χ3v) is 3.37. The monoisotopic (exact) mass is 271 g/mol. The zero-order chi connectivity index (χ0) is 13.7. The predicted octanol–water partition coefficient (Wildman–Crippen LogP) is 3.15. The first-order chi connectivity index (χ1) is 9.19. The highest BCUT2D eigenvalue weighted by molar-refractivity contribution is 7.98. The normalized spacial score (nSPS) is 9.84. The van der Waals surface area contributed by atoms with Crippen molar-refractivity contribution in [2.45, 2.75) is 10.8 Å². The zero-order valence-corrected chi connectivity index (χ0v) is 10.6. The van der Waals surface area contributed by atoms with Gasteiger partial charge in [0.2, 0.25) is 0 Å². The smallest absolute Gasteiger partial charge is 0.258 e. The molecule has 2 rings (SSSR count). The number of thioether (sulfide) groups is 1. The van der Waals surface area contributed by atoms with E-state index in [1.54, 1.807) is 30.5 Å². The summed E-state index contributed by atoms with van der Waals surface area (Å²) >= 11 is 1.44. The van der Waals surface area contributed by atoms with Gasteiger partial charge >= 0.3 is 0 Å². The zero-order valence-electron chi connectivity index (χ0n) is 9.81. The first-order valence-corrected chi connectivity index (χ1v) is 6.40. The average Bonchev–Trinajstić information content (AvgIpc) is 2.45. The number of nitrogens with zero attached hydrogens (tertiary/aromatic N) is 3. The van der Waals surface area contributed by atoms with Crippen LogP contribution < -0.4 is 0 Å². The molecule has 2 aromatic rings. The van der Waals surface area contributed by atoms with E-state index in [0.29, 0.717) is 11.3 Å². The Morgan fingerprint density at radius 1 is 1.37 bits per heavy atom. The summed E-state index contributed by atoms with van der Waals surface area (Å²) in [5.74, 6) is 0.573. The Labute approximate surface area is 114 Å². The molecule has 0 N–H and O–H groups in total. The number of benzene rings is 1.